The van der Waals surface area contributed by atoms with Crippen molar-refractivity contribution in [3.8, 4) is 0 Å². The van der Waals surface area contributed by atoms with E-state index in [0.29, 0.717) is 22.2 Å². The van der Waals surface area contributed by atoms with Crippen LogP contribution in [0.3, 0.4) is 0 Å². The molecule has 114 valence electrons. The van der Waals surface area contributed by atoms with Gasteiger partial charge in [0.1, 0.15) is 5.82 Å². The summed E-state index contributed by atoms with van der Waals surface area (Å²) in [6.07, 6.45) is 0. The number of carbonyl (C=O) groups is 1. The van der Waals surface area contributed by atoms with Crippen molar-refractivity contribution in [1.29, 1.82) is 0 Å². The molecule has 0 saturated heterocycles. The molecular formula is C13H13N5O3S. The lowest BCUT2D eigenvalue weighted by Gasteiger charge is -2.05. The number of nitrogens with zero attached hydrogens (tertiary/aromatic N) is 3. The molecule has 9 heteroatoms. The summed E-state index contributed by atoms with van der Waals surface area (Å²) in [5.41, 5.74) is 11.9. The van der Waals surface area contributed by atoms with Crippen LogP contribution in [0.5, 0.6) is 0 Å². The maximum atomic E-state index is 11.1. The average Bonchev–Trinajstić information content (AvgIpc) is 2.43. The van der Waals surface area contributed by atoms with E-state index >= 15 is 0 Å². The topological polar surface area (TPSA) is 138 Å². The van der Waals surface area contributed by atoms with Gasteiger partial charge in [-0.2, -0.15) is 0 Å². The first-order valence-corrected chi connectivity index (χ1v) is 7.16. The van der Waals surface area contributed by atoms with E-state index in [1.54, 1.807) is 13.0 Å². The van der Waals surface area contributed by atoms with Gasteiger partial charge in [0.05, 0.1) is 4.92 Å². The molecule has 0 radical (unpaired) electrons. The third kappa shape index (κ3) is 3.70. The van der Waals surface area contributed by atoms with Gasteiger partial charge in [-0.05, 0) is 13.0 Å². The summed E-state index contributed by atoms with van der Waals surface area (Å²) in [5, 5.41) is 11.5. The molecule has 0 atom stereocenters. The molecule has 1 amide bonds. The van der Waals surface area contributed by atoms with Crippen LogP contribution in [-0.4, -0.2) is 20.8 Å². The van der Waals surface area contributed by atoms with E-state index in [0.717, 1.165) is 0 Å². The average molecular weight is 319 g/mol. The molecule has 0 aliphatic carbocycles. The van der Waals surface area contributed by atoms with Gasteiger partial charge in [0, 0.05) is 34.7 Å². The molecule has 0 aliphatic rings. The number of nitro benzene ring substituents is 1. The molecule has 0 unspecified atom stereocenters. The summed E-state index contributed by atoms with van der Waals surface area (Å²) < 4.78 is 0. The fourth-order valence-electron chi connectivity index (χ4n) is 1.78. The van der Waals surface area contributed by atoms with Gasteiger partial charge < -0.3 is 11.5 Å². The van der Waals surface area contributed by atoms with Gasteiger partial charge >= 0.3 is 0 Å². The Bertz CT molecular complexity index is 730. The predicted molar refractivity (Wildman–Crippen MR) is 82.4 cm³/mol. The molecule has 0 saturated carbocycles. The second-order valence-electron chi connectivity index (χ2n) is 4.47. The molecule has 0 fully saturated rings. The largest absolute Gasteiger partial charge is 0.384 e. The van der Waals surface area contributed by atoms with Crippen molar-refractivity contribution < 1.29 is 9.72 Å². The van der Waals surface area contributed by atoms with Gasteiger partial charge in [-0.25, -0.2) is 9.97 Å². The highest BCUT2D eigenvalue weighted by Gasteiger charge is 2.17. The van der Waals surface area contributed by atoms with Crippen LogP contribution in [-0.2, 0) is 5.75 Å². The number of nitrogens with two attached hydrogens (primary N) is 2. The van der Waals surface area contributed by atoms with Crippen LogP contribution in [0, 0.1) is 17.0 Å². The summed E-state index contributed by atoms with van der Waals surface area (Å²) in [5.74, 6) is -0.0937. The highest BCUT2D eigenvalue weighted by molar-refractivity contribution is 7.98. The van der Waals surface area contributed by atoms with Gasteiger partial charge in [0.2, 0.25) is 5.91 Å². The SMILES string of the molecule is Cc1cc(N)nc(SCc2ccc(C(N)=O)cc2[N+](=O)[O-])n1. The van der Waals surface area contributed by atoms with Crippen LogP contribution in [0.25, 0.3) is 0 Å². The van der Waals surface area contributed by atoms with Crippen molar-refractivity contribution in [1.82, 2.24) is 9.97 Å². The van der Waals surface area contributed by atoms with Gasteiger partial charge in [-0.3, -0.25) is 14.9 Å². The van der Waals surface area contributed by atoms with E-state index in [-0.39, 0.29) is 17.0 Å². The van der Waals surface area contributed by atoms with E-state index in [2.05, 4.69) is 9.97 Å². The third-order valence-electron chi connectivity index (χ3n) is 2.78. The van der Waals surface area contributed by atoms with Crippen molar-refractivity contribution in [2.75, 3.05) is 5.73 Å². The third-order valence-corrected chi connectivity index (χ3v) is 3.67. The first-order chi connectivity index (χ1) is 10.4. The maximum absolute atomic E-state index is 11.1. The van der Waals surface area contributed by atoms with E-state index < -0.39 is 10.8 Å². The lowest BCUT2D eigenvalue weighted by atomic mass is 10.1. The molecule has 1 aromatic heterocycles. The Morgan fingerprint density at radius 1 is 1.36 bits per heavy atom. The zero-order valence-corrected chi connectivity index (χ0v) is 12.5. The number of benzene rings is 1. The standard InChI is InChI=1S/C13H13N5O3S/c1-7-4-11(14)17-13(16-7)22-6-9-3-2-8(12(15)19)5-10(9)18(20)21/h2-5H,6H2,1H3,(H2,15,19)(H2,14,16,17). The summed E-state index contributed by atoms with van der Waals surface area (Å²) in [6.45, 7) is 1.78. The number of amides is 1. The number of primary amides is 1. The van der Waals surface area contributed by atoms with Gasteiger partial charge in [0.25, 0.3) is 5.69 Å². The van der Waals surface area contributed by atoms with Crippen LogP contribution in [0.4, 0.5) is 11.5 Å². The number of hydrogen-bond donors (Lipinski definition) is 2. The number of rotatable bonds is 5. The van der Waals surface area contributed by atoms with Crippen LogP contribution in [0.1, 0.15) is 21.6 Å². The number of thioether (sulfide) groups is 1. The number of nitro groups is 1. The van der Waals surface area contributed by atoms with Crippen molar-refractivity contribution in [2.24, 2.45) is 5.73 Å². The first kappa shape index (κ1) is 15.7. The monoisotopic (exact) mass is 319 g/mol. The van der Waals surface area contributed by atoms with Gasteiger partial charge in [-0.15, -0.1) is 0 Å². The second kappa shape index (κ2) is 6.39. The number of hydrogen-bond acceptors (Lipinski definition) is 7. The molecule has 0 bridgehead atoms. The summed E-state index contributed by atoms with van der Waals surface area (Å²) in [6, 6.07) is 5.76. The van der Waals surface area contributed by atoms with Gasteiger partial charge in [-0.1, -0.05) is 17.8 Å². The van der Waals surface area contributed by atoms with Crippen molar-refractivity contribution >= 4 is 29.2 Å². The zero-order chi connectivity index (χ0) is 16.3. The van der Waals surface area contributed by atoms with Crippen LogP contribution in [0.15, 0.2) is 29.4 Å². The van der Waals surface area contributed by atoms with Crippen molar-refractivity contribution in [3.05, 3.63) is 51.2 Å². The first-order valence-electron chi connectivity index (χ1n) is 6.18. The molecule has 0 spiro atoms. The Morgan fingerprint density at radius 2 is 2.09 bits per heavy atom. The number of aryl methyl sites for hydroxylation is 1. The molecule has 1 heterocycles. The van der Waals surface area contributed by atoms with E-state index in [9.17, 15) is 14.9 Å². The Hall–Kier alpha value is -2.68. The minimum absolute atomic E-state index is 0.0940. The lowest BCUT2D eigenvalue weighted by Crippen LogP contribution is -2.11. The van der Waals surface area contributed by atoms with E-state index in [1.165, 1.54) is 30.0 Å². The number of anilines is 1. The maximum Gasteiger partial charge on any atom is 0.274 e. The van der Waals surface area contributed by atoms with Gasteiger partial charge in [0.15, 0.2) is 5.16 Å². The lowest BCUT2D eigenvalue weighted by molar-refractivity contribution is -0.385. The second-order valence-corrected chi connectivity index (χ2v) is 5.41. The molecule has 2 rings (SSSR count). The molecule has 22 heavy (non-hydrogen) atoms. The fourth-order valence-corrected chi connectivity index (χ4v) is 2.69. The predicted octanol–water partition coefficient (Wildman–Crippen LogP) is 1.67. The minimum atomic E-state index is -0.711. The van der Waals surface area contributed by atoms with Crippen molar-refractivity contribution in [2.45, 2.75) is 17.8 Å². The normalized spacial score (nSPS) is 10.4. The Kier molecular flexibility index (Phi) is 4.56. The van der Waals surface area contributed by atoms with Crippen LogP contribution < -0.4 is 11.5 Å². The number of aromatic nitrogens is 2. The minimum Gasteiger partial charge on any atom is -0.384 e. The van der Waals surface area contributed by atoms with Crippen LogP contribution in [0.2, 0.25) is 0 Å². The summed E-state index contributed by atoms with van der Waals surface area (Å²) >= 11 is 1.22. The Labute approximate surface area is 130 Å². The quantitative estimate of drug-likeness (QED) is 0.370. The highest BCUT2D eigenvalue weighted by atomic mass is 32.2. The fraction of sp³-hybridized carbons (Fsp3) is 0.154. The smallest absolute Gasteiger partial charge is 0.274 e. The summed E-state index contributed by atoms with van der Waals surface area (Å²) in [7, 11) is 0. The molecule has 1 aromatic carbocycles. The summed E-state index contributed by atoms with van der Waals surface area (Å²) in [4.78, 5) is 29.9. The molecule has 4 N–H and O–H groups in total. The Balaban J connectivity index is 2.25. The number of carbonyl (C=O) groups excluding carboxylic acids is 1. The molecular weight excluding hydrogens is 306 g/mol. The highest BCUT2D eigenvalue weighted by Crippen LogP contribution is 2.27. The number of nitrogen functional groups attached to an aromatic ring is 1. The zero-order valence-electron chi connectivity index (χ0n) is 11.6. The van der Waals surface area contributed by atoms with Crippen LogP contribution >= 0.6 is 11.8 Å². The Morgan fingerprint density at radius 3 is 2.68 bits per heavy atom. The van der Waals surface area contributed by atoms with E-state index in [1.807, 2.05) is 0 Å². The van der Waals surface area contributed by atoms with Crippen molar-refractivity contribution in [3.63, 3.8) is 0 Å². The molecule has 2 aromatic rings. The van der Waals surface area contributed by atoms with E-state index in [4.69, 9.17) is 11.5 Å². The molecule has 0 aliphatic heterocycles. The molecule has 8 nitrogen and oxygen atoms in total.